The molecular weight excluding hydrogens is 358 g/mol. The van der Waals surface area contributed by atoms with Gasteiger partial charge in [0, 0.05) is 25.0 Å². The summed E-state index contributed by atoms with van der Waals surface area (Å²) >= 11 is 5.65. The van der Waals surface area contributed by atoms with Crippen molar-refractivity contribution in [1.29, 1.82) is 0 Å². The number of anilines is 1. The molecule has 1 N–H and O–H groups in total. The third-order valence-electron chi connectivity index (χ3n) is 5.11. The molecular formula is C19H24N7S+. The van der Waals surface area contributed by atoms with Crippen LogP contribution in [0.3, 0.4) is 0 Å². The number of aryl methyl sites for hydroxylation is 1. The van der Waals surface area contributed by atoms with Crippen molar-refractivity contribution in [3.8, 4) is 11.4 Å². The minimum Gasteiger partial charge on any atom is -0.330 e. The SMILES string of the molecule is Cc1ccccc1-c1nn(C[NH+]2CCN(c3ncccn3)CC2)c(=S)n1C. The zero-order valence-electron chi connectivity index (χ0n) is 15.7. The van der Waals surface area contributed by atoms with Gasteiger partial charge >= 0.3 is 0 Å². The van der Waals surface area contributed by atoms with Crippen LogP contribution in [0.25, 0.3) is 11.4 Å². The molecule has 27 heavy (non-hydrogen) atoms. The van der Waals surface area contributed by atoms with E-state index in [-0.39, 0.29) is 0 Å². The molecule has 0 atom stereocenters. The Bertz CT molecular complexity index is 971. The van der Waals surface area contributed by atoms with E-state index in [1.54, 1.807) is 12.4 Å². The van der Waals surface area contributed by atoms with Gasteiger partial charge in [-0.3, -0.25) is 0 Å². The maximum atomic E-state index is 5.65. The number of hydrogen-bond acceptors (Lipinski definition) is 5. The van der Waals surface area contributed by atoms with Crippen molar-refractivity contribution in [2.45, 2.75) is 13.6 Å². The van der Waals surface area contributed by atoms with Crippen molar-refractivity contribution in [2.75, 3.05) is 31.1 Å². The van der Waals surface area contributed by atoms with Crippen LogP contribution in [0.5, 0.6) is 0 Å². The van der Waals surface area contributed by atoms with E-state index in [1.807, 2.05) is 34.5 Å². The molecule has 4 rings (SSSR count). The number of hydrogen-bond donors (Lipinski definition) is 1. The van der Waals surface area contributed by atoms with Crippen molar-refractivity contribution in [2.24, 2.45) is 7.05 Å². The molecule has 1 aliphatic rings. The fraction of sp³-hybridized carbons (Fsp3) is 0.368. The highest BCUT2D eigenvalue weighted by molar-refractivity contribution is 7.71. The van der Waals surface area contributed by atoms with Crippen LogP contribution in [0.2, 0.25) is 0 Å². The van der Waals surface area contributed by atoms with Crippen LogP contribution in [-0.2, 0) is 13.7 Å². The summed E-state index contributed by atoms with van der Waals surface area (Å²) in [4.78, 5) is 12.4. The quantitative estimate of drug-likeness (QED) is 0.685. The van der Waals surface area contributed by atoms with Gasteiger partial charge in [-0.25, -0.2) is 9.97 Å². The monoisotopic (exact) mass is 382 g/mol. The molecule has 3 aromatic rings. The molecule has 0 amide bonds. The fourth-order valence-corrected chi connectivity index (χ4v) is 3.69. The minimum atomic E-state index is 0.759. The van der Waals surface area contributed by atoms with Crippen LogP contribution in [0.1, 0.15) is 5.56 Å². The molecule has 1 saturated heterocycles. The van der Waals surface area contributed by atoms with E-state index < -0.39 is 0 Å². The van der Waals surface area contributed by atoms with Crippen LogP contribution >= 0.6 is 12.2 Å². The third-order valence-corrected chi connectivity index (χ3v) is 5.59. The molecule has 1 aromatic carbocycles. The van der Waals surface area contributed by atoms with Gasteiger partial charge in [-0.2, -0.15) is 4.68 Å². The first-order valence-electron chi connectivity index (χ1n) is 9.19. The molecule has 0 unspecified atom stereocenters. The summed E-state index contributed by atoms with van der Waals surface area (Å²) in [5, 5.41) is 4.83. The van der Waals surface area contributed by atoms with Crippen molar-refractivity contribution < 1.29 is 4.90 Å². The molecule has 3 heterocycles. The number of nitrogens with zero attached hydrogens (tertiary/aromatic N) is 6. The number of nitrogens with one attached hydrogen (secondary N) is 1. The molecule has 0 saturated carbocycles. The Morgan fingerprint density at radius 1 is 1.07 bits per heavy atom. The molecule has 2 aromatic heterocycles. The minimum absolute atomic E-state index is 0.759. The highest BCUT2D eigenvalue weighted by atomic mass is 32.1. The molecule has 0 spiro atoms. The molecule has 140 valence electrons. The van der Waals surface area contributed by atoms with Gasteiger partial charge in [0.15, 0.2) is 12.5 Å². The first kappa shape index (κ1) is 17.8. The van der Waals surface area contributed by atoms with Crippen LogP contribution < -0.4 is 9.80 Å². The van der Waals surface area contributed by atoms with E-state index in [0.717, 1.165) is 55.0 Å². The van der Waals surface area contributed by atoms with Crippen molar-refractivity contribution in [3.05, 3.63) is 53.1 Å². The van der Waals surface area contributed by atoms with Crippen LogP contribution in [0, 0.1) is 11.7 Å². The lowest BCUT2D eigenvalue weighted by Crippen LogP contribution is -3.14. The zero-order valence-corrected chi connectivity index (χ0v) is 16.5. The largest absolute Gasteiger partial charge is 0.330 e. The van der Waals surface area contributed by atoms with Gasteiger partial charge in [0.1, 0.15) is 0 Å². The second-order valence-corrected chi connectivity index (χ2v) is 7.29. The predicted molar refractivity (Wildman–Crippen MR) is 107 cm³/mol. The van der Waals surface area contributed by atoms with Crippen LogP contribution in [-0.4, -0.2) is 50.5 Å². The molecule has 0 bridgehead atoms. The molecule has 0 radical (unpaired) electrons. The number of quaternary nitrogens is 1. The van der Waals surface area contributed by atoms with Gasteiger partial charge in [-0.05, 0) is 30.8 Å². The normalized spacial score (nSPS) is 15.3. The van der Waals surface area contributed by atoms with Crippen LogP contribution in [0.4, 0.5) is 5.95 Å². The van der Waals surface area contributed by atoms with E-state index >= 15 is 0 Å². The fourth-order valence-electron chi connectivity index (χ4n) is 3.50. The first-order valence-corrected chi connectivity index (χ1v) is 9.59. The molecule has 1 fully saturated rings. The summed E-state index contributed by atoms with van der Waals surface area (Å²) in [6.45, 7) is 6.77. The maximum absolute atomic E-state index is 5.65. The molecule has 7 nitrogen and oxygen atoms in total. The Kier molecular flexibility index (Phi) is 5.00. The van der Waals surface area contributed by atoms with Gasteiger partial charge in [-0.1, -0.05) is 24.3 Å². The van der Waals surface area contributed by atoms with Gasteiger partial charge in [0.2, 0.25) is 10.7 Å². The Morgan fingerprint density at radius 2 is 1.78 bits per heavy atom. The molecule has 0 aliphatic carbocycles. The van der Waals surface area contributed by atoms with E-state index in [1.165, 1.54) is 10.5 Å². The number of piperazine rings is 1. The second kappa shape index (κ2) is 7.58. The lowest BCUT2D eigenvalue weighted by atomic mass is 10.1. The third kappa shape index (κ3) is 3.63. The average molecular weight is 383 g/mol. The summed E-state index contributed by atoms with van der Waals surface area (Å²) in [5.74, 6) is 1.74. The first-order chi connectivity index (χ1) is 13.1. The van der Waals surface area contributed by atoms with Crippen LogP contribution in [0.15, 0.2) is 42.7 Å². The lowest BCUT2D eigenvalue weighted by molar-refractivity contribution is -0.924. The Morgan fingerprint density at radius 3 is 2.48 bits per heavy atom. The van der Waals surface area contributed by atoms with Gasteiger partial charge in [0.05, 0.1) is 26.2 Å². The summed E-state index contributed by atoms with van der Waals surface area (Å²) in [6.07, 6.45) is 3.59. The highest BCUT2D eigenvalue weighted by Gasteiger charge is 2.23. The van der Waals surface area contributed by atoms with Crippen molar-refractivity contribution in [1.82, 2.24) is 24.3 Å². The second-order valence-electron chi connectivity index (χ2n) is 6.92. The average Bonchev–Trinajstić information content (AvgIpc) is 2.98. The number of rotatable bonds is 4. The lowest BCUT2D eigenvalue weighted by Gasteiger charge is -2.31. The number of aromatic nitrogens is 5. The Labute approximate surface area is 163 Å². The smallest absolute Gasteiger partial charge is 0.225 e. The van der Waals surface area contributed by atoms with Gasteiger partial charge in [-0.15, -0.1) is 5.10 Å². The highest BCUT2D eigenvalue weighted by Crippen LogP contribution is 2.21. The predicted octanol–water partition coefficient (Wildman–Crippen LogP) is 1.08. The summed E-state index contributed by atoms with van der Waals surface area (Å²) in [7, 11) is 1.99. The van der Waals surface area contributed by atoms with E-state index in [0.29, 0.717) is 0 Å². The van der Waals surface area contributed by atoms with E-state index in [4.69, 9.17) is 17.3 Å². The molecule has 8 heteroatoms. The van der Waals surface area contributed by atoms with E-state index in [9.17, 15) is 0 Å². The Balaban J connectivity index is 1.47. The maximum Gasteiger partial charge on any atom is 0.225 e. The summed E-state index contributed by atoms with van der Waals surface area (Å²) < 4.78 is 4.72. The standard InChI is InChI=1S/C19H23N7S/c1-15-6-3-4-7-16(15)17-22-26(19(27)23(17)2)14-24-10-12-25(13-11-24)18-20-8-5-9-21-18/h3-9H,10-14H2,1-2H3/p+1. The van der Waals surface area contributed by atoms with Gasteiger partial charge in [0.25, 0.3) is 0 Å². The van der Waals surface area contributed by atoms with Crippen molar-refractivity contribution in [3.63, 3.8) is 0 Å². The van der Waals surface area contributed by atoms with Gasteiger partial charge < -0.3 is 14.4 Å². The molecule has 1 aliphatic heterocycles. The number of benzene rings is 1. The Hall–Kier alpha value is -2.58. The van der Waals surface area contributed by atoms with E-state index in [2.05, 4.69) is 33.9 Å². The summed E-state index contributed by atoms with van der Waals surface area (Å²) in [6, 6.07) is 10.1. The van der Waals surface area contributed by atoms with Crippen molar-refractivity contribution >= 4 is 18.2 Å². The zero-order chi connectivity index (χ0) is 18.8. The summed E-state index contributed by atoms with van der Waals surface area (Å²) in [5.41, 5.74) is 2.34. The topological polar surface area (TPSA) is 56.2 Å².